The van der Waals surface area contributed by atoms with Crippen LogP contribution in [0.3, 0.4) is 0 Å². The topological polar surface area (TPSA) is 52.3 Å². The van der Waals surface area contributed by atoms with Crippen molar-refractivity contribution in [3.05, 3.63) is 51.8 Å². The van der Waals surface area contributed by atoms with Gasteiger partial charge in [0.15, 0.2) is 0 Å². The van der Waals surface area contributed by atoms with Crippen LogP contribution in [0.5, 0.6) is 5.88 Å². The fourth-order valence-electron chi connectivity index (χ4n) is 1.60. The summed E-state index contributed by atoms with van der Waals surface area (Å²) < 4.78 is 8.24. The first-order valence-electron chi connectivity index (χ1n) is 5.46. The second-order valence-electron chi connectivity index (χ2n) is 3.80. The summed E-state index contributed by atoms with van der Waals surface area (Å²) in [4.78, 5) is 8.01. The lowest BCUT2D eigenvalue weighted by Gasteiger charge is -2.07. The molecule has 0 bridgehead atoms. The van der Waals surface area contributed by atoms with Crippen LogP contribution in [-0.4, -0.2) is 19.6 Å². The highest BCUT2D eigenvalue weighted by molar-refractivity contribution is 9.10. The number of hydrogen-bond acceptors (Lipinski definition) is 4. The van der Waals surface area contributed by atoms with Crippen molar-refractivity contribution in [1.29, 1.82) is 0 Å². The Morgan fingerprint density at radius 2 is 2.05 bits per heavy atom. The Labute approximate surface area is 122 Å². The summed E-state index contributed by atoms with van der Waals surface area (Å²) >= 11 is 9.29. The van der Waals surface area contributed by atoms with E-state index >= 15 is 0 Å². The number of nitrogens with zero attached hydrogens (tertiary/aromatic N) is 4. The molecule has 0 atom stereocenters. The Balaban J connectivity index is 1.85. The Morgan fingerprint density at radius 3 is 2.84 bits per heavy atom. The molecule has 2 aromatic heterocycles. The molecule has 96 valence electrons. The predicted octanol–water partition coefficient (Wildman–Crippen LogP) is 3.12. The van der Waals surface area contributed by atoms with Gasteiger partial charge in [0.25, 0.3) is 5.78 Å². The molecule has 0 aliphatic rings. The van der Waals surface area contributed by atoms with E-state index in [0.717, 1.165) is 10.0 Å². The molecular formula is C12H8BrClN4O. The SMILES string of the molecule is Clc1cc(OCc2ccc(Br)cc2)n2ncnc2n1. The van der Waals surface area contributed by atoms with Gasteiger partial charge in [-0.15, -0.1) is 0 Å². The van der Waals surface area contributed by atoms with E-state index in [9.17, 15) is 0 Å². The van der Waals surface area contributed by atoms with Crippen molar-refractivity contribution in [3.8, 4) is 5.88 Å². The van der Waals surface area contributed by atoms with Crippen LogP contribution >= 0.6 is 27.5 Å². The molecule has 0 spiro atoms. The molecule has 5 nitrogen and oxygen atoms in total. The minimum absolute atomic E-state index is 0.325. The summed E-state index contributed by atoms with van der Waals surface area (Å²) in [5.41, 5.74) is 1.05. The number of ether oxygens (including phenoxy) is 1. The first-order chi connectivity index (χ1) is 9.22. The lowest BCUT2D eigenvalue weighted by molar-refractivity contribution is 0.285. The zero-order chi connectivity index (χ0) is 13.2. The third-order valence-corrected chi connectivity index (χ3v) is 3.21. The molecule has 0 unspecified atom stereocenters. The quantitative estimate of drug-likeness (QED) is 0.688. The summed E-state index contributed by atoms with van der Waals surface area (Å²) in [6.07, 6.45) is 1.41. The summed E-state index contributed by atoms with van der Waals surface area (Å²) in [5.74, 6) is 0.925. The maximum Gasteiger partial charge on any atom is 0.256 e. The Morgan fingerprint density at radius 1 is 1.26 bits per heavy atom. The number of hydrogen-bond donors (Lipinski definition) is 0. The van der Waals surface area contributed by atoms with E-state index in [4.69, 9.17) is 16.3 Å². The lowest BCUT2D eigenvalue weighted by Crippen LogP contribution is -2.02. The highest BCUT2D eigenvalue weighted by atomic mass is 79.9. The number of aromatic nitrogens is 4. The predicted molar refractivity (Wildman–Crippen MR) is 74.3 cm³/mol. The van der Waals surface area contributed by atoms with Crippen molar-refractivity contribution < 1.29 is 4.74 Å². The number of benzene rings is 1. The van der Waals surface area contributed by atoms with Crippen LogP contribution in [-0.2, 0) is 6.61 Å². The van der Waals surface area contributed by atoms with E-state index in [-0.39, 0.29) is 0 Å². The van der Waals surface area contributed by atoms with E-state index in [2.05, 4.69) is 31.0 Å². The van der Waals surface area contributed by atoms with Crippen LogP contribution in [0.2, 0.25) is 5.15 Å². The third-order valence-electron chi connectivity index (χ3n) is 2.49. The van der Waals surface area contributed by atoms with Gasteiger partial charge in [0.05, 0.1) is 0 Å². The van der Waals surface area contributed by atoms with E-state index in [1.54, 1.807) is 6.07 Å². The normalized spacial score (nSPS) is 10.8. The maximum atomic E-state index is 5.90. The standard InChI is InChI=1S/C12H8BrClN4O/c13-9-3-1-8(2-4-9)6-19-11-5-10(14)17-12-15-7-16-18(11)12/h1-5,7H,6H2. The zero-order valence-corrected chi connectivity index (χ0v) is 12.0. The minimum Gasteiger partial charge on any atom is -0.473 e. The van der Waals surface area contributed by atoms with Gasteiger partial charge in [-0.05, 0) is 17.7 Å². The lowest BCUT2D eigenvalue weighted by atomic mass is 10.2. The van der Waals surface area contributed by atoms with Crippen molar-refractivity contribution >= 4 is 33.3 Å². The van der Waals surface area contributed by atoms with Gasteiger partial charge in [-0.1, -0.05) is 39.7 Å². The van der Waals surface area contributed by atoms with Crippen molar-refractivity contribution in [2.45, 2.75) is 6.61 Å². The molecule has 0 saturated carbocycles. The molecule has 3 rings (SSSR count). The van der Waals surface area contributed by atoms with E-state index in [1.807, 2.05) is 24.3 Å². The van der Waals surface area contributed by atoms with Crippen molar-refractivity contribution in [2.24, 2.45) is 0 Å². The average Bonchev–Trinajstić information content (AvgIpc) is 2.85. The second-order valence-corrected chi connectivity index (χ2v) is 5.11. The molecule has 19 heavy (non-hydrogen) atoms. The van der Waals surface area contributed by atoms with Gasteiger partial charge >= 0.3 is 0 Å². The first kappa shape index (κ1) is 12.4. The molecule has 0 aliphatic carbocycles. The van der Waals surface area contributed by atoms with Crippen LogP contribution in [0, 0.1) is 0 Å². The Kier molecular flexibility index (Phi) is 3.35. The van der Waals surface area contributed by atoms with Gasteiger partial charge in [0, 0.05) is 10.5 Å². The van der Waals surface area contributed by atoms with Crippen LogP contribution in [0.15, 0.2) is 41.1 Å². The Hall–Kier alpha value is -1.66. The highest BCUT2D eigenvalue weighted by Gasteiger charge is 2.07. The fourth-order valence-corrected chi connectivity index (χ4v) is 2.03. The maximum absolute atomic E-state index is 5.90. The highest BCUT2D eigenvalue weighted by Crippen LogP contribution is 2.18. The van der Waals surface area contributed by atoms with Crippen molar-refractivity contribution in [2.75, 3.05) is 0 Å². The summed E-state index contributed by atoms with van der Waals surface area (Å²) in [6.45, 7) is 0.419. The van der Waals surface area contributed by atoms with Gasteiger partial charge in [-0.25, -0.2) is 0 Å². The fraction of sp³-hybridized carbons (Fsp3) is 0.0833. The number of halogens is 2. The largest absolute Gasteiger partial charge is 0.473 e. The monoisotopic (exact) mass is 338 g/mol. The molecule has 1 aromatic carbocycles. The van der Waals surface area contributed by atoms with Crippen LogP contribution in [0.4, 0.5) is 0 Å². The van der Waals surface area contributed by atoms with Crippen LogP contribution in [0.1, 0.15) is 5.56 Å². The van der Waals surface area contributed by atoms with Crippen LogP contribution in [0.25, 0.3) is 5.78 Å². The molecule has 0 saturated heterocycles. The number of rotatable bonds is 3. The summed E-state index contributed by atoms with van der Waals surface area (Å²) in [5, 5.41) is 4.36. The smallest absolute Gasteiger partial charge is 0.256 e. The van der Waals surface area contributed by atoms with Crippen molar-refractivity contribution in [3.63, 3.8) is 0 Å². The van der Waals surface area contributed by atoms with Gasteiger partial charge < -0.3 is 4.74 Å². The van der Waals surface area contributed by atoms with E-state index < -0.39 is 0 Å². The molecule has 3 aromatic rings. The molecule has 0 radical (unpaired) electrons. The van der Waals surface area contributed by atoms with Crippen LogP contribution < -0.4 is 4.74 Å². The molecular weight excluding hydrogens is 332 g/mol. The molecule has 0 aliphatic heterocycles. The van der Waals surface area contributed by atoms with Gasteiger partial charge in [-0.3, -0.25) is 0 Å². The third kappa shape index (κ3) is 2.69. The zero-order valence-electron chi connectivity index (χ0n) is 9.62. The summed E-state index contributed by atoms with van der Waals surface area (Å²) in [6, 6.07) is 9.49. The molecule has 7 heteroatoms. The number of fused-ring (bicyclic) bond motifs is 1. The molecule has 0 amide bonds. The van der Waals surface area contributed by atoms with Gasteiger partial charge in [-0.2, -0.15) is 19.6 Å². The van der Waals surface area contributed by atoms with E-state index in [1.165, 1.54) is 10.8 Å². The summed E-state index contributed by atoms with van der Waals surface area (Å²) in [7, 11) is 0. The molecule has 0 N–H and O–H groups in total. The minimum atomic E-state index is 0.325. The average molecular weight is 340 g/mol. The molecule has 0 fully saturated rings. The van der Waals surface area contributed by atoms with Gasteiger partial charge in [0.1, 0.15) is 18.1 Å². The van der Waals surface area contributed by atoms with E-state index in [0.29, 0.717) is 23.4 Å². The van der Waals surface area contributed by atoms with Gasteiger partial charge in [0.2, 0.25) is 5.88 Å². The second kappa shape index (κ2) is 5.14. The first-order valence-corrected chi connectivity index (χ1v) is 6.63. The van der Waals surface area contributed by atoms with Crippen molar-refractivity contribution in [1.82, 2.24) is 19.6 Å². The Bertz CT molecular complexity index is 713. The molecule has 2 heterocycles.